The molecule has 0 saturated carbocycles. The molecule has 0 aliphatic carbocycles. The summed E-state index contributed by atoms with van der Waals surface area (Å²) in [4.78, 5) is 25.2. The van der Waals surface area contributed by atoms with Gasteiger partial charge >= 0.3 is 5.97 Å². The third-order valence-electron chi connectivity index (χ3n) is 4.23. The number of hydrogen-bond donors (Lipinski definition) is 1. The maximum Gasteiger partial charge on any atom is 0.341 e. The van der Waals surface area contributed by atoms with Crippen molar-refractivity contribution in [2.75, 3.05) is 13.7 Å². The van der Waals surface area contributed by atoms with Crippen LogP contribution in [0.15, 0.2) is 42.5 Å². The molecule has 5 heteroatoms. The molecule has 0 heterocycles. The van der Waals surface area contributed by atoms with Crippen molar-refractivity contribution in [3.8, 4) is 5.75 Å². The fourth-order valence-corrected chi connectivity index (χ4v) is 2.77. The highest BCUT2D eigenvalue weighted by molar-refractivity contribution is 5.95. The molecule has 0 radical (unpaired) electrons. The molecule has 0 aliphatic rings. The first-order valence-electron chi connectivity index (χ1n) is 8.09. The number of carbonyl (C=O) groups is 2. The van der Waals surface area contributed by atoms with Crippen LogP contribution in [0.25, 0.3) is 0 Å². The number of amides is 1. The van der Waals surface area contributed by atoms with Crippen LogP contribution in [0.1, 0.15) is 40.0 Å². The molecule has 132 valence electrons. The third kappa shape index (κ3) is 4.38. The molecule has 25 heavy (non-hydrogen) atoms. The summed E-state index contributed by atoms with van der Waals surface area (Å²) in [6.07, 6.45) is 0. The summed E-state index contributed by atoms with van der Waals surface area (Å²) in [6.45, 7) is 5.19. The van der Waals surface area contributed by atoms with E-state index in [0.717, 1.165) is 16.7 Å². The monoisotopic (exact) mass is 341 g/mol. The summed E-state index contributed by atoms with van der Waals surface area (Å²) in [6, 6.07) is 13.3. The van der Waals surface area contributed by atoms with Crippen LogP contribution in [-0.2, 0) is 4.79 Å². The van der Waals surface area contributed by atoms with Crippen molar-refractivity contribution in [3.05, 3.63) is 64.7 Å². The molecular formula is C20H23NO4. The summed E-state index contributed by atoms with van der Waals surface area (Å²) in [7, 11) is 1.78. The standard InChI is InChI=1S/C20H23NO4/c1-13-10-17(11-14(2)19(13)25-12-18(22)23)20(24)21(4)15(3)16-8-6-5-7-9-16/h5-11,15H,12H2,1-4H3,(H,22,23). The first-order valence-corrected chi connectivity index (χ1v) is 8.09. The van der Waals surface area contributed by atoms with Gasteiger partial charge in [0.05, 0.1) is 6.04 Å². The topological polar surface area (TPSA) is 66.8 Å². The molecule has 2 aromatic rings. The zero-order valence-corrected chi connectivity index (χ0v) is 14.9. The Morgan fingerprint density at radius 1 is 1.12 bits per heavy atom. The van der Waals surface area contributed by atoms with Crippen molar-refractivity contribution >= 4 is 11.9 Å². The SMILES string of the molecule is Cc1cc(C(=O)N(C)C(C)c2ccccc2)cc(C)c1OCC(=O)O. The molecule has 1 N–H and O–H groups in total. The van der Waals surface area contributed by atoms with Gasteiger partial charge in [-0.05, 0) is 49.6 Å². The largest absolute Gasteiger partial charge is 0.481 e. The van der Waals surface area contributed by atoms with Gasteiger partial charge in [0.15, 0.2) is 6.61 Å². The van der Waals surface area contributed by atoms with E-state index >= 15 is 0 Å². The second kappa shape index (κ2) is 7.83. The highest BCUT2D eigenvalue weighted by Gasteiger charge is 2.20. The molecule has 2 aromatic carbocycles. The molecule has 1 amide bonds. The first-order chi connectivity index (χ1) is 11.8. The van der Waals surface area contributed by atoms with Gasteiger partial charge < -0.3 is 14.7 Å². The summed E-state index contributed by atoms with van der Waals surface area (Å²) >= 11 is 0. The molecule has 0 saturated heterocycles. The molecule has 0 bridgehead atoms. The lowest BCUT2D eigenvalue weighted by Crippen LogP contribution is -2.29. The minimum atomic E-state index is -1.03. The molecule has 0 aliphatic heterocycles. The average Bonchev–Trinajstić information content (AvgIpc) is 2.59. The lowest BCUT2D eigenvalue weighted by molar-refractivity contribution is -0.139. The minimum Gasteiger partial charge on any atom is -0.481 e. The van der Waals surface area contributed by atoms with Crippen molar-refractivity contribution in [1.82, 2.24) is 4.90 Å². The second-order valence-corrected chi connectivity index (χ2v) is 6.12. The van der Waals surface area contributed by atoms with Crippen LogP contribution in [0, 0.1) is 13.8 Å². The van der Waals surface area contributed by atoms with Gasteiger partial charge in [-0.15, -0.1) is 0 Å². The van der Waals surface area contributed by atoms with Crippen LogP contribution < -0.4 is 4.74 Å². The van der Waals surface area contributed by atoms with Crippen LogP contribution in [0.3, 0.4) is 0 Å². The van der Waals surface area contributed by atoms with Gasteiger partial charge in [-0.2, -0.15) is 0 Å². The Bertz CT molecular complexity index is 748. The van der Waals surface area contributed by atoms with Crippen LogP contribution in [0.4, 0.5) is 0 Å². The number of ether oxygens (including phenoxy) is 1. The Balaban J connectivity index is 2.23. The zero-order valence-electron chi connectivity index (χ0n) is 14.9. The molecule has 5 nitrogen and oxygen atoms in total. The maximum absolute atomic E-state index is 12.8. The van der Waals surface area contributed by atoms with E-state index in [1.54, 1.807) is 24.1 Å². The van der Waals surface area contributed by atoms with E-state index in [1.165, 1.54) is 0 Å². The summed E-state index contributed by atoms with van der Waals surface area (Å²) < 4.78 is 5.32. The summed E-state index contributed by atoms with van der Waals surface area (Å²) in [5, 5.41) is 8.76. The number of hydrogen-bond acceptors (Lipinski definition) is 3. The van der Waals surface area contributed by atoms with E-state index in [-0.39, 0.29) is 11.9 Å². The van der Waals surface area contributed by atoms with E-state index in [2.05, 4.69) is 0 Å². The Morgan fingerprint density at radius 3 is 2.20 bits per heavy atom. The smallest absolute Gasteiger partial charge is 0.341 e. The van der Waals surface area contributed by atoms with Gasteiger partial charge in [0, 0.05) is 12.6 Å². The molecule has 1 unspecified atom stereocenters. The van der Waals surface area contributed by atoms with Gasteiger partial charge in [0.1, 0.15) is 5.75 Å². The number of nitrogens with zero attached hydrogens (tertiary/aromatic N) is 1. The highest BCUT2D eigenvalue weighted by atomic mass is 16.5. The normalized spacial score (nSPS) is 11.7. The van der Waals surface area contributed by atoms with E-state index in [9.17, 15) is 9.59 Å². The molecule has 1 atom stereocenters. The molecule has 0 fully saturated rings. The molecule has 2 rings (SSSR count). The number of benzene rings is 2. The Morgan fingerprint density at radius 2 is 1.68 bits per heavy atom. The van der Waals surface area contributed by atoms with Crippen LogP contribution in [-0.4, -0.2) is 35.5 Å². The fourth-order valence-electron chi connectivity index (χ4n) is 2.77. The second-order valence-electron chi connectivity index (χ2n) is 6.12. The van der Waals surface area contributed by atoms with Crippen molar-refractivity contribution in [1.29, 1.82) is 0 Å². The van der Waals surface area contributed by atoms with Crippen LogP contribution in [0.5, 0.6) is 5.75 Å². The molecule has 0 aromatic heterocycles. The Labute approximate surface area is 147 Å². The Hall–Kier alpha value is -2.82. The lowest BCUT2D eigenvalue weighted by atomic mass is 10.0. The van der Waals surface area contributed by atoms with Gasteiger partial charge in [-0.3, -0.25) is 4.79 Å². The summed E-state index contributed by atoms with van der Waals surface area (Å²) in [5.74, 6) is -0.611. The van der Waals surface area contributed by atoms with E-state index in [4.69, 9.17) is 9.84 Å². The van der Waals surface area contributed by atoms with Crippen LogP contribution >= 0.6 is 0 Å². The number of aliphatic carboxylic acids is 1. The third-order valence-corrected chi connectivity index (χ3v) is 4.23. The van der Waals surface area contributed by atoms with Crippen molar-refractivity contribution in [2.24, 2.45) is 0 Å². The van der Waals surface area contributed by atoms with Gasteiger partial charge in [-0.1, -0.05) is 30.3 Å². The fraction of sp³-hybridized carbons (Fsp3) is 0.300. The van der Waals surface area contributed by atoms with E-state index < -0.39 is 12.6 Å². The van der Waals surface area contributed by atoms with Gasteiger partial charge in [-0.25, -0.2) is 4.79 Å². The highest BCUT2D eigenvalue weighted by Crippen LogP contribution is 2.27. The van der Waals surface area contributed by atoms with E-state index in [0.29, 0.717) is 11.3 Å². The molecular weight excluding hydrogens is 318 g/mol. The van der Waals surface area contributed by atoms with Crippen molar-refractivity contribution in [2.45, 2.75) is 26.8 Å². The molecule has 0 spiro atoms. The van der Waals surface area contributed by atoms with Gasteiger partial charge in [0.25, 0.3) is 5.91 Å². The number of aryl methyl sites for hydroxylation is 2. The maximum atomic E-state index is 12.8. The lowest BCUT2D eigenvalue weighted by Gasteiger charge is -2.26. The number of carboxylic acid groups (broad SMARTS) is 1. The minimum absolute atomic E-state index is 0.0581. The average molecular weight is 341 g/mol. The predicted molar refractivity (Wildman–Crippen MR) is 96.0 cm³/mol. The van der Waals surface area contributed by atoms with E-state index in [1.807, 2.05) is 51.1 Å². The quantitative estimate of drug-likeness (QED) is 0.872. The number of rotatable bonds is 6. The number of carboxylic acids is 1. The number of carbonyl (C=O) groups excluding carboxylic acids is 1. The summed E-state index contributed by atoms with van der Waals surface area (Å²) in [5.41, 5.74) is 3.10. The Kier molecular flexibility index (Phi) is 5.80. The van der Waals surface area contributed by atoms with Crippen molar-refractivity contribution in [3.63, 3.8) is 0 Å². The zero-order chi connectivity index (χ0) is 18.6. The predicted octanol–water partition coefficient (Wildman–Crippen LogP) is 3.60. The van der Waals surface area contributed by atoms with Gasteiger partial charge in [0.2, 0.25) is 0 Å². The van der Waals surface area contributed by atoms with Crippen molar-refractivity contribution < 1.29 is 19.4 Å². The van der Waals surface area contributed by atoms with Crippen LogP contribution in [0.2, 0.25) is 0 Å². The first kappa shape index (κ1) is 18.5.